The Hall–Kier alpha value is -2.35. The Labute approximate surface area is 142 Å². The van der Waals surface area contributed by atoms with Crippen LogP contribution in [0.5, 0.6) is 0 Å². The van der Waals surface area contributed by atoms with E-state index in [4.69, 9.17) is 4.98 Å². The number of rotatable bonds is 2. The maximum absolute atomic E-state index is 4.79. The fraction of sp³-hybridized carbons (Fsp3) is 0.318. The molecule has 24 heavy (non-hydrogen) atoms. The van der Waals surface area contributed by atoms with Crippen LogP contribution in [0.4, 0.5) is 5.82 Å². The lowest BCUT2D eigenvalue weighted by Gasteiger charge is -2.49. The number of anilines is 1. The van der Waals surface area contributed by atoms with Gasteiger partial charge in [-0.25, -0.2) is 4.98 Å². The monoisotopic (exact) mass is 314 g/mol. The molecule has 3 unspecified atom stereocenters. The number of nitrogens with zero attached hydrogens (tertiary/aromatic N) is 1. The molecule has 2 aromatic carbocycles. The van der Waals surface area contributed by atoms with Gasteiger partial charge in [0.15, 0.2) is 0 Å². The summed E-state index contributed by atoms with van der Waals surface area (Å²) in [5.74, 6) is 2.55. The third-order valence-electron chi connectivity index (χ3n) is 5.93. The maximum atomic E-state index is 4.79. The highest BCUT2D eigenvalue weighted by Crippen LogP contribution is 2.50. The molecule has 1 aromatic heterocycles. The highest BCUT2D eigenvalue weighted by Gasteiger charge is 2.44. The molecule has 0 amide bonds. The van der Waals surface area contributed by atoms with E-state index in [-0.39, 0.29) is 0 Å². The average Bonchev–Trinajstić information content (AvgIpc) is 2.59. The number of pyridine rings is 1. The normalized spacial score (nSPS) is 24.8. The van der Waals surface area contributed by atoms with Crippen molar-refractivity contribution >= 4 is 16.6 Å². The van der Waals surface area contributed by atoms with Crippen molar-refractivity contribution in [2.75, 3.05) is 5.32 Å². The van der Waals surface area contributed by atoms with Crippen molar-refractivity contribution < 1.29 is 0 Å². The molecule has 0 saturated heterocycles. The molecule has 2 aliphatic rings. The lowest BCUT2D eigenvalue weighted by molar-refractivity contribution is 0.194. The lowest BCUT2D eigenvalue weighted by atomic mass is 9.60. The van der Waals surface area contributed by atoms with Gasteiger partial charge in [-0.2, -0.15) is 0 Å². The van der Waals surface area contributed by atoms with Crippen LogP contribution < -0.4 is 5.32 Å². The van der Waals surface area contributed by atoms with Crippen LogP contribution in [0, 0.1) is 12.8 Å². The van der Waals surface area contributed by atoms with E-state index in [9.17, 15) is 0 Å². The summed E-state index contributed by atoms with van der Waals surface area (Å²) in [7, 11) is 0. The van der Waals surface area contributed by atoms with E-state index < -0.39 is 0 Å². The first-order chi connectivity index (χ1) is 11.8. The standard InChI is InChI=1S/C22H22N2/c1-14-12-16-7-3-5-9-18(16)22(23-14)24-21-13-20-17-8-4-2-6-15(17)10-11-19(20)21/h2-9,12,19-21H,10-11,13H2,1H3,(H,23,24). The second kappa shape index (κ2) is 5.34. The van der Waals surface area contributed by atoms with Crippen molar-refractivity contribution in [1.82, 2.24) is 4.98 Å². The minimum absolute atomic E-state index is 0.557. The zero-order valence-electron chi connectivity index (χ0n) is 14.0. The van der Waals surface area contributed by atoms with Gasteiger partial charge in [0.25, 0.3) is 0 Å². The summed E-state index contributed by atoms with van der Waals surface area (Å²) in [5.41, 5.74) is 4.24. The zero-order chi connectivity index (χ0) is 16.1. The van der Waals surface area contributed by atoms with Crippen molar-refractivity contribution in [2.24, 2.45) is 5.92 Å². The fourth-order valence-corrected chi connectivity index (χ4v) is 4.70. The lowest BCUT2D eigenvalue weighted by Crippen LogP contribution is -2.47. The van der Waals surface area contributed by atoms with E-state index in [2.05, 4.69) is 66.8 Å². The quantitative estimate of drug-likeness (QED) is 0.714. The van der Waals surface area contributed by atoms with Crippen molar-refractivity contribution in [3.05, 3.63) is 71.4 Å². The van der Waals surface area contributed by atoms with E-state index in [0.29, 0.717) is 6.04 Å². The summed E-state index contributed by atoms with van der Waals surface area (Å²) in [6, 6.07) is 20.3. The molecule has 1 fully saturated rings. The largest absolute Gasteiger partial charge is 0.366 e. The minimum atomic E-state index is 0.557. The molecular weight excluding hydrogens is 292 g/mol. The summed E-state index contributed by atoms with van der Waals surface area (Å²) < 4.78 is 0. The molecule has 2 aliphatic carbocycles. The highest BCUT2D eigenvalue weighted by molar-refractivity contribution is 5.92. The van der Waals surface area contributed by atoms with E-state index in [0.717, 1.165) is 23.3 Å². The molecule has 3 atom stereocenters. The molecule has 0 radical (unpaired) electrons. The first kappa shape index (κ1) is 14.0. The topological polar surface area (TPSA) is 24.9 Å². The molecule has 3 aromatic rings. The van der Waals surface area contributed by atoms with Gasteiger partial charge in [0.05, 0.1) is 0 Å². The van der Waals surface area contributed by atoms with Gasteiger partial charge in [-0.15, -0.1) is 0 Å². The van der Waals surface area contributed by atoms with Gasteiger partial charge < -0.3 is 5.32 Å². The molecule has 0 aliphatic heterocycles. The Morgan fingerprint density at radius 2 is 1.88 bits per heavy atom. The van der Waals surface area contributed by atoms with Gasteiger partial charge in [-0.3, -0.25) is 0 Å². The van der Waals surface area contributed by atoms with Crippen molar-refractivity contribution in [3.63, 3.8) is 0 Å². The molecule has 2 heteroatoms. The average molecular weight is 314 g/mol. The van der Waals surface area contributed by atoms with Crippen LogP contribution in [0.2, 0.25) is 0 Å². The summed E-state index contributed by atoms with van der Waals surface area (Å²) in [5, 5.41) is 6.30. The van der Waals surface area contributed by atoms with Gasteiger partial charge in [0.2, 0.25) is 0 Å². The fourth-order valence-electron chi connectivity index (χ4n) is 4.70. The Morgan fingerprint density at radius 3 is 2.83 bits per heavy atom. The number of benzene rings is 2. The first-order valence-electron chi connectivity index (χ1n) is 9.00. The summed E-state index contributed by atoms with van der Waals surface area (Å²) in [4.78, 5) is 4.79. The SMILES string of the molecule is Cc1cc2ccccc2c(NC2CC3c4ccccc4CCC23)n1. The molecule has 1 N–H and O–H groups in total. The number of aryl methyl sites for hydroxylation is 2. The molecule has 120 valence electrons. The van der Waals surface area contributed by atoms with Crippen molar-refractivity contribution in [1.29, 1.82) is 0 Å². The highest BCUT2D eigenvalue weighted by atomic mass is 15.0. The number of aromatic nitrogens is 1. The van der Waals surface area contributed by atoms with Gasteiger partial charge in [0, 0.05) is 17.1 Å². The number of hydrogen-bond donors (Lipinski definition) is 1. The third kappa shape index (κ3) is 2.13. The predicted molar refractivity (Wildman–Crippen MR) is 99.5 cm³/mol. The summed E-state index contributed by atoms with van der Waals surface area (Å²) >= 11 is 0. The summed E-state index contributed by atoms with van der Waals surface area (Å²) in [6.07, 6.45) is 3.74. The number of fused-ring (bicyclic) bond motifs is 4. The predicted octanol–water partition coefficient (Wildman–Crippen LogP) is 5.07. The van der Waals surface area contributed by atoms with Crippen LogP contribution in [0.1, 0.15) is 35.6 Å². The van der Waals surface area contributed by atoms with Gasteiger partial charge >= 0.3 is 0 Å². The molecule has 2 nitrogen and oxygen atoms in total. The van der Waals surface area contributed by atoms with Crippen LogP contribution in [-0.2, 0) is 6.42 Å². The maximum Gasteiger partial charge on any atom is 0.134 e. The van der Waals surface area contributed by atoms with Crippen LogP contribution in [-0.4, -0.2) is 11.0 Å². The van der Waals surface area contributed by atoms with Crippen molar-refractivity contribution in [3.8, 4) is 0 Å². The second-order valence-corrected chi connectivity index (χ2v) is 7.33. The van der Waals surface area contributed by atoms with Crippen LogP contribution >= 0.6 is 0 Å². The summed E-state index contributed by atoms with van der Waals surface area (Å²) in [6.45, 7) is 2.08. The van der Waals surface area contributed by atoms with Crippen LogP contribution in [0.25, 0.3) is 10.8 Å². The number of hydrogen-bond acceptors (Lipinski definition) is 2. The van der Waals surface area contributed by atoms with Crippen LogP contribution in [0.3, 0.4) is 0 Å². The molecule has 1 heterocycles. The Balaban J connectivity index is 1.43. The smallest absolute Gasteiger partial charge is 0.134 e. The van der Waals surface area contributed by atoms with Gasteiger partial charge in [0.1, 0.15) is 5.82 Å². The Morgan fingerprint density at radius 1 is 1.04 bits per heavy atom. The Bertz CT molecular complexity index is 915. The molecular formula is C22H22N2. The molecule has 0 spiro atoms. The van der Waals surface area contributed by atoms with E-state index >= 15 is 0 Å². The first-order valence-corrected chi connectivity index (χ1v) is 9.00. The van der Waals surface area contributed by atoms with Crippen molar-refractivity contribution in [2.45, 2.75) is 38.1 Å². The van der Waals surface area contributed by atoms with Gasteiger partial charge in [-0.05, 0) is 60.6 Å². The Kier molecular flexibility index (Phi) is 3.12. The third-order valence-corrected chi connectivity index (χ3v) is 5.93. The minimum Gasteiger partial charge on any atom is -0.366 e. The molecule has 1 saturated carbocycles. The van der Waals surface area contributed by atoms with Gasteiger partial charge in [-0.1, -0.05) is 48.5 Å². The van der Waals surface area contributed by atoms with E-state index in [1.165, 1.54) is 30.0 Å². The zero-order valence-corrected chi connectivity index (χ0v) is 14.0. The van der Waals surface area contributed by atoms with E-state index in [1.54, 1.807) is 11.1 Å². The molecule has 5 rings (SSSR count). The number of nitrogens with one attached hydrogen (secondary N) is 1. The molecule has 0 bridgehead atoms. The second-order valence-electron chi connectivity index (χ2n) is 7.33. The van der Waals surface area contributed by atoms with Crippen LogP contribution in [0.15, 0.2) is 54.6 Å². The van der Waals surface area contributed by atoms with E-state index in [1.807, 2.05) is 0 Å².